The SMILES string of the molecule is C#CCC(CC)Nc1cc(Br)ncn1. The second-order valence-electron chi connectivity index (χ2n) is 2.88. The summed E-state index contributed by atoms with van der Waals surface area (Å²) in [4.78, 5) is 8.03. The zero-order chi connectivity index (χ0) is 10.4. The van der Waals surface area contributed by atoms with Crippen molar-refractivity contribution >= 4 is 21.7 Å². The van der Waals surface area contributed by atoms with E-state index in [2.05, 4.69) is 44.1 Å². The molecule has 1 atom stereocenters. The lowest BCUT2D eigenvalue weighted by Gasteiger charge is -2.14. The summed E-state index contributed by atoms with van der Waals surface area (Å²) in [7, 11) is 0. The predicted octanol–water partition coefficient (Wildman–Crippen LogP) is 2.45. The van der Waals surface area contributed by atoms with Gasteiger partial charge in [0.25, 0.3) is 0 Å². The van der Waals surface area contributed by atoms with Crippen molar-refractivity contribution in [2.75, 3.05) is 5.32 Å². The average Bonchev–Trinajstić information content (AvgIpc) is 2.17. The van der Waals surface area contributed by atoms with Gasteiger partial charge < -0.3 is 5.32 Å². The molecule has 1 aromatic heterocycles. The zero-order valence-electron chi connectivity index (χ0n) is 8.00. The van der Waals surface area contributed by atoms with Crippen molar-refractivity contribution in [1.82, 2.24) is 9.97 Å². The molecule has 0 aliphatic carbocycles. The van der Waals surface area contributed by atoms with Gasteiger partial charge in [-0.15, -0.1) is 12.3 Å². The third-order valence-corrected chi connectivity index (χ3v) is 2.28. The first-order valence-corrected chi connectivity index (χ1v) is 5.23. The van der Waals surface area contributed by atoms with Crippen LogP contribution in [0, 0.1) is 12.3 Å². The minimum atomic E-state index is 0.279. The van der Waals surface area contributed by atoms with E-state index in [0.717, 1.165) is 16.8 Å². The van der Waals surface area contributed by atoms with Crippen LogP contribution in [-0.4, -0.2) is 16.0 Å². The minimum absolute atomic E-state index is 0.279. The Hall–Kier alpha value is -1.08. The van der Waals surface area contributed by atoms with Gasteiger partial charge in [-0.1, -0.05) is 6.92 Å². The van der Waals surface area contributed by atoms with E-state index in [4.69, 9.17) is 6.42 Å². The number of aromatic nitrogens is 2. The first kappa shape index (κ1) is 11.0. The van der Waals surface area contributed by atoms with Gasteiger partial charge in [-0.05, 0) is 22.4 Å². The molecule has 0 amide bonds. The van der Waals surface area contributed by atoms with Crippen LogP contribution in [-0.2, 0) is 0 Å². The third kappa shape index (κ3) is 3.35. The molecule has 0 saturated carbocycles. The Kier molecular flexibility index (Phi) is 4.41. The van der Waals surface area contributed by atoms with E-state index < -0.39 is 0 Å². The van der Waals surface area contributed by atoms with Crippen molar-refractivity contribution in [1.29, 1.82) is 0 Å². The van der Waals surface area contributed by atoms with Crippen LogP contribution >= 0.6 is 15.9 Å². The van der Waals surface area contributed by atoms with E-state index >= 15 is 0 Å². The molecule has 1 heterocycles. The molecular formula is C10H12BrN3. The Bertz CT molecular complexity index is 332. The van der Waals surface area contributed by atoms with E-state index in [9.17, 15) is 0 Å². The average molecular weight is 254 g/mol. The highest BCUT2D eigenvalue weighted by molar-refractivity contribution is 9.10. The van der Waals surface area contributed by atoms with Gasteiger partial charge in [-0.3, -0.25) is 0 Å². The lowest BCUT2D eigenvalue weighted by Crippen LogP contribution is -2.18. The van der Waals surface area contributed by atoms with E-state index in [1.807, 2.05) is 6.07 Å². The first-order chi connectivity index (χ1) is 6.76. The number of terminal acetylenes is 1. The molecule has 1 N–H and O–H groups in total. The van der Waals surface area contributed by atoms with Gasteiger partial charge in [0.2, 0.25) is 0 Å². The summed E-state index contributed by atoms with van der Waals surface area (Å²) >= 11 is 3.28. The fourth-order valence-electron chi connectivity index (χ4n) is 1.06. The molecule has 0 saturated heterocycles. The Labute approximate surface area is 92.5 Å². The maximum absolute atomic E-state index is 5.26. The molecule has 74 valence electrons. The number of hydrogen-bond acceptors (Lipinski definition) is 3. The standard InChI is InChI=1S/C10H12BrN3/c1-3-5-8(4-2)14-10-6-9(11)12-7-13-10/h1,6-8H,4-5H2,2H3,(H,12,13,14). The summed E-state index contributed by atoms with van der Waals surface area (Å²) in [6.45, 7) is 2.09. The summed E-state index contributed by atoms with van der Waals surface area (Å²) in [6, 6.07) is 2.11. The topological polar surface area (TPSA) is 37.8 Å². The maximum atomic E-state index is 5.26. The summed E-state index contributed by atoms with van der Waals surface area (Å²) in [5.41, 5.74) is 0. The van der Waals surface area contributed by atoms with Gasteiger partial charge >= 0.3 is 0 Å². The molecule has 1 unspecified atom stereocenters. The van der Waals surface area contributed by atoms with Crippen molar-refractivity contribution in [2.24, 2.45) is 0 Å². The van der Waals surface area contributed by atoms with Gasteiger partial charge in [0, 0.05) is 18.5 Å². The van der Waals surface area contributed by atoms with Crippen LogP contribution in [0.1, 0.15) is 19.8 Å². The van der Waals surface area contributed by atoms with E-state index in [1.165, 1.54) is 6.33 Å². The molecule has 0 aliphatic heterocycles. The van der Waals surface area contributed by atoms with Crippen molar-refractivity contribution in [2.45, 2.75) is 25.8 Å². The van der Waals surface area contributed by atoms with Crippen molar-refractivity contribution in [3.05, 3.63) is 17.0 Å². The molecule has 0 spiro atoms. The number of anilines is 1. The quantitative estimate of drug-likeness (QED) is 0.662. The molecule has 0 radical (unpaired) electrons. The smallest absolute Gasteiger partial charge is 0.130 e. The lowest BCUT2D eigenvalue weighted by atomic mass is 10.1. The van der Waals surface area contributed by atoms with Gasteiger partial charge in [-0.2, -0.15) is 0 Å². The monoisotopic (exact) mass is 253 g/mol. The van der Waals surface area contributed by atoms with Gasteiger partial charge in [0.15, 0.2) is 0 Å². The van der Waals surface area contributed by atoms with E-state index in [0.29, 0.717) is 6.42 Å². The fraction of sp³-hybridized carbons (Fsp3) is 0.400. The predicted molar refractivity (Wildman–Crippen MR) is 60.9 cm³/mol. The van der Waals surface area contributed by atoms with Crippen LogP contribution < -0.4 is 5.32 Å². The largest absolute Gasteiger partial charge is 0.366 e. The highest BCUT2D eigenvalue weighted by atomic mass is 79.9. The van der Waals surface area contributed by atoms with E-state index in [-0.39, 0.29) is 6.04 Å². The van der Waals surface area contributed by atoms with Crippen LogP contribution in [0.2, 0.25) is 0 Å². The highest BCUT2D eigenvalue weighted by Crippen LogP contribution is 2.12. The molecular weight excluding hydrogens is 242 g/mol. The lowest BCUT2D eigenvalue weighted by molar-refractivity contribution is 0.711. The summed E-state index contributed by atoms with van der Waals surface area (Å²) < 4.78 is 0.769. The Balaban J connectivity index is 2.63. The second-order valence-corrected chi connectivity index (χ2v) is 3.70. The minimum Gasteiger partial charge on any atom is -0.366 e. The van der Waals surface area contributed by atoms with Gasteiger partial charge in [0.1, 0.15) is 16.7 Å². The summed E-state index contributed by atoms with van der Waals surface area (Å²) in [5, 5.41) is 3.25. The number of hydrogen-bond donors (Lipinski definition) is 1. The first-order valence-electron chi connectivity index (χ1n) is 4.43. The molecule has 0 aromatic carbocycles. The number of nitrogens with one attached hydrogen (secondary N) is 1. The molecule has 14 heavy (non-hydrogen) atoms. The number of nitrogens with zero attached hydrogens (tertiary/aromatic N) is 2. The Morgan fingerprint density at radius 3 is 3.00 bits per heavy atom. The molecule has 0 bridgehead atoms. The second kappa shape index (κ2) is 5.61. The zero-order valence-corrected chi connectivity index (χ0v) is 9.58. The maximum Gasteiger partial charge on any atom is 0.130 e. The molecule has 0 aliphatic rings. The normalized spacial score (nSPS) is 11.8. The molecule has 3 nitrogen and oxygen atoms in total. The van der Waals surface area contributed by atoms with Crippen molar-refractivity contribution in [3.63, 3.8) is 0 Å². The van der Waals surface area contributed by atoms with Gasteiger partial charge in [-0.25, -0.2) is 9.97 Å². The number of rotatable bonds is 4. The number of halogens is 1. The van der Waals surface area contributed by atoms with Crippen LogP contribution in [0.5, 0.6) is 0 Å². The van der Waals surface area contributed by atoms with Crippen LogP contribution in [0.25, 0.3) is 0 Å². The molecule has 1 rings (SSSR count). The fourth-order valence-corrected chi connectivity index (χ4v) is 1.37. The molecule has 4 heteroatoms. The third-order valence-electron chi connectivity index (χ3n) is 1.84. The molecule has 1 aromatic rings. The Morgan fingerprint density at radius 1 is 1.64 bits per heavy atom. The highest BCUT2D eigenvalue weighted by Gasteiger charge is 2.04. The van der Waals surface area contributed by atoms with Crippen LogP contribution in [0.15, 0.2) is 17.0 Å². The summed E-state index contributed by atoms with van der Waals surface area (Å²) in [6.07, 6.45) is 8.45. The summed E-state index contributed by atoms with van der Waals surface area (Å²) in [5.74, 6) is 3.44. The van der Waals surface area contributed by atoms with Crippen molar-refractivity contribution < 1.29 is 0 Å². The van der Waals surface area contributed by atoms with Gasteiger partial charge in [0.05, 0.1) is 0 Å². The van der Waals surface area contributed by atoms with Crippen molar-refractivity contribution in [3.8, 4) is 12.3 Å². The van der Waals surface area contributed by atoms with Crippen LogP contribution in [0.3, 0.4) is 0 Å². The Morgan fingerprint density at radius 2 is 2.43 bits per heavy atom. The van der Waals surface area contributed by atoms with Crippen LogP contribution in [0.4, 0.5) is 5.82 Å². The molecule has 0 fully saturated rings. The van der Waals surface area contributed by atoms with E-state index in [1.54, 1.807) is 0 Å².